The molecule has 0 spiro atoms. The Labute approximate surface area is 82.4 Å². The maximum absolute atomic E-state index is 9.71. The van der Waals surface area contributed by atoms with E-state index in [0.717, 1.165) is 16.5 Å². The van der Waals surface area contributed by atoms with Crippen molar-refractivity contribution in [1.29, 1.82) is 0 Å². The van der Waals surface area contributed by atoms with Crippen molar-refractivity contribution in [2.24, 2.45) is 0 Å². The van der Waals surface area contributed by atoms with Crippen LogP contribution in [0.1, 0.15) is 25.3 Å². The molecule has 0 fully saturated rings. The van der Waals surface area contributed by atoms with Crippen LogP contribution in [0.15, 0.2) is 24.4 Å². The van der Waals surface area contributed by atoms with E-state index in [0.29, 0.717) is 11.7 Å². The van der Waals surface area contributed by atoms with Crippen LogP contribution in [-0.4, -0.2) is 15.3 Å². The highest BCUT2D eigenvalue weighted by atomic mass is 16.3. The minimum atomic E-state index is 0.299. The number of hydrogen-bond acceptors (Lipinski definition) is 3. The van der Waals surface area contributed by atoms with Crippen molar-refractivity contribution >= 4 is 10.9 Å². The lowest BCUT2D eigenvalue weighted by Gasteiger charge is -2.08. The molecule has 0 bridgehead atoms. The fourth-order valence-electron chi connectivity index (χ4n) is 1.50. The van der Waals surface area contributed by atoms with Gasteiger partial charge in [0.1, 0.15) is 5.75 Å². The Morgan fingerprint density at radius 2 is 2.07 bits per heavy atom. The third-order valence-electron chi connectivity index (χ3n) is 2.28. The molecule has 14 heavy (non-hydrogen) atoms. The van der Waals surface area contributed by atoms with Gasteiger partial charge < -0.3 is 5.11 Å². The molecule has 3 nitrogen and oxygen atoms in total. The number of phenols is 1. The number of nitrogens with zero attached hydrogens (tertiary/aromatic N) is 2. The van der Waals surface area contributed by atoms with Gasteiger partial charge in [-0.2, -0.15) is 10.2 Å². The zero-order chi connectivity index (χ0) is 10.1. The average Bonchev–Trinajstić information content (AvgIpc) is 2.16. The second kappa shape index (κ2) is 3.25. The van der Waals surface area contributed by atoms with Crippen molar-refractivity contribution < 1.29 is 5.11 Å². The zero-order valence-electron chi connectivity index (χ0n) is 8.23. The molecule has 0 saturated carbocycles. The van der Waals surface area contributed by atoms with E-state index in [4.69, 9.17) is 0 Å². The molecule has 1 N–H and O–H groups in total. The summed E-state index contributed by atoms with van der Waals surface area (Å²) in [6, 6.07) is 5.52. The number of hydrogen-bond donors (Lipinski definition) is 1. The third kappa shape index (κ3) is 1.41. The molecular formula is C11H12N2O. The molecule has 3 heteroatoms. The number of fused-ring (bicyclic) bond motifs is 1. The predicted octanol–water partition coefficient (Wildman–Crippen LogP) is 2.46. The molecule has 0 aliphatic rings. The van der Waals surface area contributed by atoms with Crippen LogP contribution in [0.3, 0.4) is 0 Å². The number of benzene rings is 1. The molecule has 0 unspecified atom stereocenters. The van der Waals surface area contributed by atoms with Crippen LogP contribution in [0.25, 0.3) is 10.9 Å². The Bertz CT molecular complexity index is 466. The fraction of sp³-hybridized carbons (Fsp3) is 0.273. The van der Waals surface area contributed by atoms with E-state index in [2.05, 4.69) is 24.0 Å². The van der Waals surface area contributed by atoms with Crippen molar-refractivity contribution in [3.8, 4) is 5.75 Å². The largest absolute Gasteiger partial charge is 0.508 e. The quantitative estimate of drug-likeness (QED) is 0.747. The van der Waals surface area contributed by atoms with Crippen LogP contribution in [0.2, 0.25) is 0 Å². The smallest absolute Gasteiger partial charge is 0.121 e. The van der Waals surface area contributed by atoms with Crippen molar-refractivity contribution in [3.05, 3.63) is 30.0 Å². The van der Waals surface area contributed by atoms with Gasteiger partial charge in [0.15, 0.2) is 0 Å². The summed E-state index contributed by atoms with van der Waals surface area (Å²) < 4.78 is 0. The maximum Gasteiger partial charge on any atom is 0.121 e. The van der Waals surface area contributed by atoms with Gasteiger partial charge in [0.05, 0.1) is 11.7 Å². The van der Waals surface area contributed by atoms with Gasteiger partial charge in [0.25, 0.3) is 0 Å². The molecule has 2 aromatic rings. The Hall–Kier alpha value is -1.64. The molecule has 0 atom stereocenters. The summed E-state index contributed by atoms with van der Waals surface area (Å²) in [6.45, 7) is 4.10. The fourth-order valence-corrected chi connectivity index (χ4v) is 1.50. The highest BCUT2D eigenvalue weighted by molar-refractivity contribution is 5.80. The van der Waals surface area contributed by atoms with Crippen molar-refractivity contribution in [2.75, 3.05) is 0 Å². The van der Waals surface area contributed by atoms with Crippen LogP contribution in [0.4, 0.5) is 0 Å². The maximum atomic E-state index is 9.71. The highest BCUT2D eigenvalue weighted by Gasteiger charge is 2.07. The Morgan fingerprint density at radius 3 is 2.79 bits per heavy atom. The van der Waals surface area contributed by atoms with Crippen LogP contribution in [0, 0.1) is 0 Å². The molecule has 0 aliphatic carbocycles. The summed E-state index contributed by atoms with van der Waals surface area (Å²) >= 11 is 0. The van der Waals surface area contributed by atoms with Gasteiger partial charge in [-0.15, -0.1) is 0 Å². The van der Waals surface area contributed by atoms with Crippen LogP contribution in [0.5, 0.6) is 5.75 Å². The van der Waals surface area contributed by atoms with Gasteiger partial charge in [-0.25, -0.2) is 0 Å². The summed E-state index contributed by atoms with van der Waals surface area (Å²) in [5.74, 6) is 0.612. The van der Waals surface area contributed by atoms with Gasteiger partial charge in [-0.05, 0) is 23.6 Å². The molecule has 72 valence electrons. The van der Waals surface area contributed by atoms with E-state index in [-0.39, 0.29) is 0 Å². The minimum Gasteiger partial charge on any atom is -0.508 e. The standard InChI is InChI=1S/C11H12N2O/c1-7(2)9-5-8-3-4-12-13-10(8)6-11(9)14/h3-7,14H,1-2H3. The number of aromatic nitrogens is 2. The Balaban J connectivity index is 2.71. The molecule has 2 rings (SSSR count). The second-order valence-corrected chi connectivity index (χ2v) is 3.66. The van der Waals surface area contributed by atoms with Crippen molar-refractivity contribution in [3.63, 3.8) is 0 Å². The minimum absolute atomic E-state index is 0.299. The third-order valence-corrected chi connectivity index (χ3v) is 2.28. The predicted molar refractivity (Wildman–Crippen MR) is 55.3 cm³/mol. The molecule has 1 heterocycles. The van der Waals surface area contributed by atoms with E-state index in [9.17, 15) is 5.11 Å². The van der Waals surface area contributed by atoms with Gasteiger partial charge in [-0.1, -0.05) is 13.8 Å². The zero-order valence-corrected chi connectivity index (χ0v) is 8.23. The molecule has 0 aliphatic heterocycles. The number of phenolic OH excluding ortho intramolecular Hbond substituents is 1. The molecule has 0 saturated heterocycles. The van der Waals surface area contributed by atoms with E-state index in [1.54, 1.807) is 12.3 Å². The highest BCUT2D eigenvalue weighted by Crippen LogP contribution is 2.28. The number of rotatable bonds is 1. The van der Waals surface area contributed by atoms with Gasteiger partial charge >= 0.3 is 0 Å². The lowest BCUT2D eigenvalue weighted by molar-refractivity contribution is 0.465. The summed E-state index contributed by atoms with van der Waals surface area (Å²) in [7, 11) is 0. The Kier molecular flexibility index (Phi) is 2.08. The summed E-state index contributed by atoms with van der Waals surface area (Å²) in [5.41, 5.74) is 1.68. The summed E-state index contributed by atoms with van der Waals surface area (Å²) in [4.78, 5) is 0. The lowest BCUT2D eigenvalue weighted by Crippen LogP contribution is -1.90. The van der Waals surface area contributed by atoms with Crippen LogP contribution in [-0.2, 0) is 0 Å². The average molecular weight is 188 g/mol. The summed E-state index contributed by atoms with van der Waals surface area (Å²) in [6.07, 6.45) is 1.66. The van der Waals surface area contributed by atoms with E-state index < -0.39 is 0 Å². The molecule has 1 aromatic carbocycles. The first-order valence-electron chi connectivity index (χ1n) is 4.63. The van der Waals surface area contributed by atoms with Gasteiger partial charge in [0.2, 0.25) is 0 Å². The second-order valence-electron chi connectivity index (χ2n) is 3.66. The normalized spacial score (nSPS) is 11.1. The first-order valence-corrected chi connectivity index (χ1v) is 4.63. The molecule has 0 radical (unpaired) electrons. The van der Waals surface area contributed by atoms with Gasteiger partial charge in [0, 0.05) is 11.5 Å². The molecule has 0 amide bonds. The number of aromatic hydroxyl groups is 1. The Morgan fingerprint density at radius 1 is 1.29 bits per heavy atom. The van der Waals surface area contributed by atoms with Crippen molar-refractivity contribution in [1.82, 2.24) is 10.2 Å². The van der Waals surface area contributed by atoms with Crippen LogP contribution < -0.4 is 0 Å². The molecular weight excluding hydrogens is 176 g/mol. The topological polar surface area (TPSA) is 46.0 Å². The van der Waals surface area contributed by atoms with E-state index in [1.165, 1.54) is 0 Å². The van der Waals surface area contributed by atoms with Crippen molar-refractivity contribution in [2.45, 2.75) is 19.8 Å². The summed E-state index contributed by atoms with van der Waals surface area (Å²) in [5, 5.41) is 18.4. The van der Waals surface area contributed by atoms with E-state index >= 15 is 0 Å². The first-order chi connectivity index (χ1) is 6.68. The first kappa shape index (κ1) is 8.94. The van der Waals surface area contributed by atoms with Crippen LogP contribution >= 0.6 is 0 Å². The van der Waals surface area contributed by atoms with E-state index in [1.807, 2.05) is 12.1 Å². The SMILES string of the molecule is CC(C)c1cc2ccnnc2cc1O. The monoisotopic (exact) mass is 188 g/mol. The van der Waals surface area contributed by atoms with Gasteiger partial charge in [-0.3, -0.25) is 0 Å². The lowest BCUT2D eigenvalue weighted by atomic mass is 10.0. The molecule has 1 aromatic heterocycles.